The average Bonchev–Trinajstić information content (AvgIpc) is 2.97. The number of hydrogen-bond donors (Lipinski definition) is 0. The Morgan fingerprint density at radius 1 is 1.00 bits per heavy atom. The molecule has 1 fully saturated rings. The highest BCUT2D eigenvalue weighted by Gasteiger charge is 2.45. The van der Waals surface area contributed by atoms with E-state index in [0.29, 0.717) is 5.78 Å². The van der Waals surface area contributed by atoms with Crippen molar-refractivity contribution in [3.05, 3.63) is 42.5 Å². The molecule has 0 aromatic heterocycles. The van der Waals surface area contributed by atoms with E-state index in [4.69, 9.17) is 4.74 Å². The van der Waals surface area contributed by atoms with Crippen molar-refractivity contribution in [1.29, 1.82) is 0 Å². The third-order valence-electron chi connectivity index (χ3n) is 5.21. The second kappa shape index (κ2) is 6.70. The molecule has 0 N–H and O–H groups in total. The van der Waals surface area contributed by atoms with Gasteiger partial charge in [-0.2, -0.15) is 0 Å². The van der Waals surface area contributed by atoms with E-state index >= 15 is 0 Å². The van der Waals surface area contributed by atoms with E-state index in [1.54, 1.807) is 0 Å². The Morgan fingerprint density at radius 2 is 1.65 bits per heavy atom. The average molecular weight is 354 g/mol. The number of fused-ring (bicyclic) bond motifs is 1. The molecule has 2 atom stereocenters. The van der Waals surface area contributed by atoms with Crippen LogP contribution in [0.5, 0.6) is 5.75 Å². The molecule has 140 valence electrons. The van der Waals surface area contributed by atoms with Crippen molar-refractivity contribution in [2.75, 3.05) is 6.54 Å². The summed E-state index contributed by atoms with van der Waals surface area (Å²) in [6, 6.07) is 14.4. The highest BCUT2D eigenvalue weighted by atomic mass is 16.5. The fraction of sp³-hybridized carbons (Fsp3) is 0.522. The van der Waals surface area contributed by atoms with Gasteiger partial charge in [0.1, 0.15) is 11.9 Å². The lowest BCUT2D eigenvalue weighted by Gasteiger charge is -2.38. The first-order chi connectivity index (χ1) is 12.1. The molecule has 0 aliphatic carbocycles. The summed E-state index contributed by atoms with van der Waals surface area (Å²) < 4.78 is 6.41. The third-order valence-corrected chi connectivity index (χ3v) is 5.21. The molecular formula is C23H31NO2. The van der Waals surface area contributed by atoms with Crippen LogP contribution in [0.2, 0.25) is 0 Å². The smallest absolute Gasteiger partial charge is 0.155 e. The van der Waals surface area contributed by atoms with Crippen molar-refractivity contribution in [3.8, 4) is 5.75 Å². The Kier molecular flexibility index (Phi) is 4.87. The van der Waals surface area contributed by atoms with Crippen LogP contribution in [0.3, 0.4) is 0 Å². The summed E-state index contributed by atoms with van der Waals surface area (Å²) in [7, 11) is 0. The molecular weight excluding hydrogens is 322 g/mol. The number of nitrogens with zero attached hydrogens (tertiary/aromatic N) is 1. The zero-order chi connectivity index (χ0) is 19.1. The number of ether oxygens (including phenoxy) is 1. The molecule has 0 saturated carbocycles. The number of benzene rings is 2. The van der Waals surface area contributed by atoms with Gasteiger partial charge in [0.15, 0.2) is 5.78 Å². The number of likely N-dealkylation sites (tertiary alicyclic amines) is 1. The Bertz CT molecular complexity index is 792. The van der Waals surface area contributed by atoms with Crippen LogP contribution < -0.4 is 4.74 Å². The molecule has 0 bridgehead atoms. The molecule has 3 rings (SSSR count). The van der Waals surface area contributed by atoms with Crippen LogP contribution in [-0.2, 0) is 4.79 Å². The van der Waals surface area contributed by atoms with Gasteiger partial charge in [0.05, 0.1) is 6.04 Å². The van der Waals surface area contributed by atoms with Gasteiger partial charge in [0, 0.05) is 29.3 Å². The van der Waals surface area contributed by atoms with Crippen LogP contribution in [0, 0.1) is 5.41 Å². The molecule has 3 nitrogen and oxygen atoms in total. The zero-order valence-corrected chi connectivity index (χ0v) is 16.9. The van der Waals surface area contributed by atoms with Crippen molar-refractivity contribution in [2.24, 2.45) is 5.41 Å². The molecule has 1 aliphatic rings. The number of carbonyl (C=O) groups excluding carboxylic acids is 1. The fourth-order valence-corrected chi connectivity index (χ4v) is 3.85. The van der Waals surface area contributed by atoms with E-state index < -0.39 is 0 Å². The number of carbonyl (C=O) groups is 1. The summed E-state index contributed by atoms with van der Waals surface area (Å²) in [5.41, 5.74) is -0.412. The molecule has 2 aromatic carbocycles. The van der Waals surface area contributed by atoms with Gasteiger partial charge in [-0.25, -0.2) is 0 Å². The highest BCUT2D eigenvalue weighted by Crippen LogP contribution is 2.35. The third kappa shape index (κ3) is 3.78. The van der Waals surface area contributed by atoms with Gasteiger partial charge in [-0.3, -0.25) is 9.69 Å². The van der Waals surface area contributed by atoms with Crippen LogP contribution in [0.1, 0.15) is 48.0 Å². The first kappa shape index (κ1) is 18.9. The second-order valence-electron chi connectivity index (χ2n) is 9.41. The van der Waals surface area contributed by atoms with Gasteiger partial charge < -0.3 is 4.74 Å². The normalized spacial score (nSPS) is 21.9. The Labute approximate surface area is 157 Å². The summed E-state index contributed by atoms with van der Waals surface area (Å²) in [5, 5.41) is 2.31. The molecule has 2 aromatic rings. The van der Waals surface area contributed by atoms with E-state index in [1.807, 2.05) is 45.0 Å². The van der Waals surface area contributed by atoms with E-state index in [2.05, 4.69) is 43.9 Å². The maximum atomic E-state index is 13.0. The van der Waals surface area contributed by atoms with Gasteiger partial charge in [0.25, 0.3) is 0 Å². The predicted molar refractivity (Wildman–Crippen MR) is 108 cm³/mol. The molecule has 0 spiro atoms. The first-order valence-corrected chi connectivity index (χ1v) is 9.53. The largest absolute Gasteiger partial charge is 0.488 e. The van der Waals surface area contributed by atoms with Crippen LogP contribution in [0.15, 0.2) is 42.5 Å². The predicted octanol–water partition coefficient (Wildman–Crippen LogP) is 5.08. The van der Waals surface area contributed by atoms with Crippen molar-refractivity contribution in [2.45, 2.75) is 65.6 Å². The summed E-state index contributed by atoms with van der Waals surface area (Å²) in [4.78, 5) is 15.4. The molecule has 26 heavy (non-hydrogen) atoms. The van der Waals surface area contributed by atoms with Gasteiger partial charge in [-0.05, 0) is 32.2 Å². The second-order valence-corrected chi connectivity index (χ2v) is 9.41. The number of rotatable bonds is 3. The summed E-state index contributed by atoms with van der Waals surface area (Å²) in [5.74, 6) is 1.21. The monoisotopic (exact) mass is 353 g/mol. The molecule has 2 unspecified atom stereocenters. The highest BCUT2D eigenvalue weighted by molar-refractivity contribution is 5.89. The van der Waals surface area contributed by atoms with E-state index in [9.17, 15) is 4.79 Å². The molecule has 1 heterocycles. The van der Waals surface area contributed by atoms with Crippen molar-refractivity contribution in [1.82, 2.24) is 4.90 Å². The summed E-state index contributed by atoms with van der Waals surface area (Å²) >= 11 is 0. The number of ketones is 1. The zero-order valence-electron chi connectivity index (χ0n) is 16.9. The van der Waals surface area contributed by atoms with Gasteiger partial charge >= 0.3 is 0 Å². The van der Waals surface area contributed by atoms with Crippen LogP contribution in [-0.4, -0.2) is 34.9 Å². The lowest BCUT2D eigenvalue weighted by atomic mass is 9.84. The quantitative estimate of drug-likeness (QED) is 0.771. The van der Waals surface area contributed by atoms with Gasteiger partial charge in [-0.1, -0.05) is 57.2 Å². The minimum Gasteiger partial charge on any atom is -0.488 e. The van der Waals surface area contributed by atoms with E-state index in [0.717, 1.165) is 24.1 Å². The first-order valence-electron chi connectivity index (χ1n) is 9.53. The Balaban J connectivity index is 1.86. The maximum Gasteiger partial charge on any atom is 0.155 e. The maximum absolute atomic E-state index is 13.0. The molecule has 1 saturated heterocycles. The van der Waals surface area contributed by atoms with Crippen LogP contribution in [0.4, 0.5) is 0 Å². The molecule has 0 radical (unpaired) electrons. The van der Waals surface area contributed by atoms with E-state index in [-0.39, 0.29) is 23.1 Å². The topological polar surface area (TPSA) is 29.5 Å². The lowest BCUT2D eigenvalue weighted by molar-refractivity contribution is -0.132. The van der Waals surface area contributed by atoms with Crippen molar-refractivity contribution < 1.29 is 9.53 Å². The number of hydrogen-bond acceptors (Lipinski definition) is 3. The molecule has 0 amide bonds. The van der Waals surface area contributed by atoms with Crippen molar-refractivity contribution in [3.63, 3.8) is 0 Å². The molecule has 3 heteroatoms. The number of Topliss-reactive ketones (excluding diaryl/α,β-unsaturated/α-hetero) is 1. The van der Waals surface area contributed by atoms with Crippen LogP contribution >= 0.6 is 0 Å². The van der Waals surface area contributed by atoms with Crippen LogP contribution in [0.25, 0.3) is 10.8 Å². The summed E-state index contributed by atoms with van der Waals surface area (Å²) in [6.45, 7) is 13.3. The lowest BCUT2D eigenvalue weighted by Crippen LogP contribution is -2.50. The molecule has 1 aliphatic heterocycles. The van der Waals surface area contributed by atoms with E-state index in [1.165, 1.54) is 5.39 Å². The SMILES string of the molecule is CC(C)(C)C(=O)C1CC(Oc2cccc3ccccc23)CN1C(C)(C)C. The summed E-state index contributed by atoms with van der Waals surface area (Å²) in [6.07, 6.45) is 0.771. The Morgan fingerprint density at radius 3 is 2.31 bits per heavy atom. The standard InChI is InChI=1S/C23H31NO2/c1-22(2,3)21(25)19-14-17(15-24(19)23(4,5)6)26-20-13-9-11-16-10-7-8-12-18(16)20/h7-13,17,19H,14-15H2,1-6H3. The van der Waals surface area contributed by atoms with Gasteiger partial charge in [-0.15, -0.1) is 0 Å². The van der Waals surface area contributed by atoms with Gasteiger partial charge in [0.2, 0.25) is 0 Å². The Hall–Kier alpha value is -1.87. The minimum atomic E-state index is -0.345. The fourth-order valence-electron chi connectivity index (χ4n) is 3.85. The minimum absolute atomic E-state index is 0.0244. The van der Waals surface area contributed by atoms with Crippen molar-refractivity contribution >= 4 is 16.6 Å².